The molecular weight excluding hydrogens is 576 g/mol. The van der Waals surface area contributed by atoms with Crippen molar-refractivity contribution in [3.63, 3.8) is 0 Å². The van der Waals surface area contributed by atoms with E-state index in [0.717, 1.165) is 16.9 Å². The summed E-state index contributed by atoms with van der Waals surface area (Å²) < 4.78 is 11.8. The number of benzene rings is 3. The van der Waals surface area contributed by atoms with E-state index >= 15 is 0 Å². The number of hydrogen-bond acceptors (Lipinski definition) is 5. The maximum atomic E-state index is 14.3. The molecule has 5 atom stereocenters. The van der Waals surface area contributed by atoms with Crippen LogP contribution in [0.5, 0.6) is 11.5 Å². The number of rotatable bonds is 9. The molecule has 8 heteroatoms. The second kappa shape index (κ2) is 13.2. The number of halogens is 1. The van der Waals surface area contributed by atoms with Gasteiger partial charge in [0.15, 0.2) is 6.10 Å². The molecule has 7 nitrogen and oxygen atoms in total. The summed E-state index contributed by atoms with van der Waals surface area (Å²) in [5, 5.41) is 15.0. The smallest absolute Gasteiger partial charge is 0.326 e. The fraction of sp³-hybridized carbons (Fsp3) is 0.444. The molecule has 1 saturated heterocycles. The quantitative estimate of drug-likeness (QED) is 0.262. The number of nitrogens with one attached hydrogen (secondary N) is 1. The van der Waals surface area contributed by atoms with Crippen LogP contribution in [0.15, 0.2) is 72.8 Å². The van der Waals surface area contributed by atoms with Gasteiger partial charge in [-0.1, -0.05) is 102 Å². The topological polar surface area (TPSA) is 88.1 Å². The molecule has 3 aromatic carbocycles. The van der Waals surface area contributed by atoms with E-state index in [0.29, 0.717) is 17.3 Å². The Hall–Kier alpha value is -3.55. The Morgan fingerprint density at radius 2 is 1.66 bits per heavy atom. The fourth-order valence-electron chi connectivity index (χ4n) is 6.34. The molecule has 0 aliphatic carbocycles. The van der Waals surface area contributed by atoms with E-state index in [1.165, 1.54) is 10.5 Å². The zero-order chi connectivity index (χ0) is 32.4. The predicted molar refractivity (Wildman–Crippen MR) is 174 cm³/mol. The van der Waals surface area contributed by atoms with Gasteiger partial charge < -0.3 is 24.8 Å². The Bertz CT molecular complexity index is 1460. The molecule has 0 radical (unpaired) electrons. The highest BCUT2D eigenvalue weighted by Crippen LogP contribution is 2.48. The number of methoxy groups -OCH3 is 1. The van der Waals surface area contributed by atoms with E-state index in [1.807, 2.05) is 57.2 Å². The third-order valence-electron chi connectivity index (χ3n) is 8.45. The number of carboxylic acids is 1. The number of carbonyl (C=O) groups is 2. The van der Waals surface area contributed by atoms with Crippen LogP contribution in [0.3, 0.4) is 0 Å². The van der Waals surface area contributed by atoms with Gasteiger partial charge in [-0.05, 0) is 53.1 Å². The SMILES string of the molecule is COc1ccc(C(C)(C)C)cc1CN[C@H]1[C@H](C(C)(C)C)[C@@H](C(=O)O)N(C(=O)C(C)Oc2cccc(Cl)c2)[C@H]1c1ccccc1. The van der Waals surface area contributed by atoms with E-state index < -0.39 is 47.4 Å². The Labute approximate surface area is 266 Å². The molecule has 3 aromatic rings. The highest BCUT2D eigenvalue weighted by Gasteiger charge is 2.58. The van der Waals surface area contributed by atoms with Crippen molar-refractivity contribution < 1.29 is 24.2 Å². The van der Waals surface area contributed by atoms with Gasteiger partial charge in [0.2, 0.25) is 0 Å². The number of hydrogen-bond donors (Lipinski definition) is 2. The summed E-state index contributed by atoms with van der Waals surface area (Å²) in [6, 6.07) is 20.6. The summed E-state index contributed by atoms with van der Waals surface area (Å²) in [6.07, 6.45) is -0.954. The normalized spacial score (nSPS) is 21.2. The van der Waals surface area contributed by atoms with Crippen LogP contribution in [0.4, 0.5) is 0 Å². The summed E-state index contributed by atoms with van der Waals surface area (Å²) in [6.45, 7) is 14.7. The number of aliphatic carboxylic acids is 1. The molecule has 0 saturated carbocycles. The van der Waals surface area contributed by atoms with Crippen LogP contribution in [-0.2, 0) is 21.5 Å². The van der Waals surface area contributed by atoms with E-state index in [2.05, 4.69) is 38.2 Å². The molecule has 1 aliphatic heterocycles. The third kappa shape index (κ3) is 7.22. The maximum Gasteiger partial charge on any atom is 0.326 e. The average Bonchev–Trinajstić information content (AvgIpc) is 3.31. The lowest BCUT2D eigenvalue weighted by Gasteiger charge is -2.35. The van der Waals surface area contributed by atoms with Gasteiger partial charge in [-0.3, -0.25) is 4.79 Å². The van der Waals surface area contributed by atoms with Crippen molar-refractivity contribution in [1.82, 2.24) is 10.2 Å². The lowest BCUT2D eigenvalue weighted by Crippen LogP contribution is -2.50. The zero-order valence-electron chi connectivity index (χ0n) is 26.9. The average molecular weight is 621 g/mol. The van der Waals surface area contributed by atoms with Crippen molar-refractivity contribution in [2.75, 3.05) is 7.11 Å². The van der Waals surface area contributed by atoms with Crippen molar-refractivity contribution in [2.45, 2.75) is 84.7 Å². The van der Waals surface area contributed by atoms with Crippen molar-refractivity contribution in [3.05, 3.63) is 94.5 Å². The largest absolute Gasteiger partial charge is 0.496 e. The minimum atomic E-state index is -1.10. The van der Waals surface area contributed by atoms with E-state index in [9.17, 15) is 14.7 Å². The number of likely N-dealkylation sites (tertiary alicyclic amines) is 1. The maximum absolute atomic E-state index is 14.3. The van der Waals surface area contributed by atoms with Crippen LogP contribution >= 0.6 is 11.6 Å². The van der Waals surface area contributed by atoms with Crippen LogP contribution in [0.25, 0.3) is 0 Å². The lowest BCUT2D eigenvalue weighted by atomic mass is 9.72. The van der Waals surface area contributed by atoms with Gasteiger partial charge in [-0.15, -0.1) is 0 Å². The van der Waals surface area contributed by atoms with Gasteiger partial charge >= 0.3 is 5.97 Å². The molecule has 236 valence electrons. The standard InChI is InChI=1S/C36H45ClN2O5/c1-22(44-27-16-12-15-26(37)20-27)33(40)39-31(23-13-10-9-11-14-23)30(29(36(5,6)7)32(39)34(41)42)38-21-24-19-25(35(2,3)4)17-18-28(24)43-8/h9-20,22,29-32,38H,21H2,1-8H3,(H,41,42)/t22?,29-,30-,31-,32-/m0/s1. The Morgan fingerprint density at radius 1 is 0.977 bits per heavy atom. The molecule has 0 spiro atoms. The van der Waals surface area contributed by atoms with E-state index in [1.54, 1.807) is 38.3 Å². The van der Waals surface area contributed by atoms with Crippen molar-refractivity contribution in [1.29, 1.82) is 0 Å². The van der Waals surface area contributed by atoms with Gasteiger partial charge in [-0.25, -0.2) is 4.79 Å². The van der Waals surface area contributed by atoms with Crippen molar-refractivity contribution in [3.8, 4) is 11.5 Å². The minimum Gasteiger partial charge on any atom is -0.496 e. The Balaban J connectivity index is 1.80. The molecule has 44 heavy (non-hydrogen) atoms. The molecule has 1 amide bonds. The summed E-state index contributed by atoms with van der Waals surface area (Å²) in [7, 11) is 1.65. The second-order valence-electron chi connectivity index (χ2n) is 13.7. The number of carbonyl (C=O) groups excluding carboxylic acids is 1. The Kier molecular flexibility index (Phi) is 10.0. The number of nitrogens with zero attached hydrogens (tertiary/aromatic N) is 1. The molecule has 1 unspecified atom stereocenters. The molecular formula is C36H45ClN2O5. The molecule has 1 aliphatic rings. The summed E-state index contributed by atoms with van der Waals surface area (Å²) in [5.41, 5.74) is 2.44. The first-order valence-electron chi connectivity index (χ1n) is 15.1. The molecule has 4 rings (SSSR count). The van der Waals surface area contributed by atoms with Gasteiger partial charge in [0.25, 0.3) is 5.91 Å². The van der Waals surface area contributed by atoms with Crippen LogP contribution in [-0.4, -0.2) is 47.2 Å². The first-order valence-corrected chi connectivity index (χ1v) is 15.4. The molecule has 1 heterocycles. The van der Waals surface area contributed by atoms with E-state index in [4.69, 9.17) is 21.1 Å². The van der Waals surface area contributed by atoms with Crippen molar-refractivity contribution in [2.24, 2.45) is 11.3 Å². The van der Waals surface area contributed by atoms with Crippen LogP contribution in [0.1, 0.15) is 71.2 Å². The second-order valence-corrected chi connectivity index (χ2v) is 14.1. The highest BCUT2D eigenvalue weighted by molar-refractivity contribution is 6.30. The zero-order valence-corrected chi connectivity index (χ0v) is 27.7. The first-order chi connectivity index (χ1) is 20.6. The summed E-state index contributed by atoms with van der Waals surface area (Å²) in [5.74, 6) is -0.709. The van der Waals surface area contributed by atoms with Gasteiger partial charge in [-0.2, -0.15) is 0 Å². The first kappa shape index (κ1) is 33.3. The van der Waals surface area contributed by atoms with Gasteiger partial charge in [0.1, 0.15) is 17.5 Å². The van der Waals surface area contributed by atoms with Crippen molar-refractivity contribution >= 4 is 23.5 Å². The summed E-state index contributed by atoms with van der Waals surface area (Å²) in [4.78, 5) is 29.0. The summed E-state index contributed by atoms with van der Waals surface area (Å²) >= 11 is 6.16. The molecule has 0 aromatic heterocycles. The lowest BCUT2D eigenvalue weighted by molar-refractivity contribution is -0.155. The van der Waals surface area contributed by atoms with Gasteiger partial charge in [0.05, 0.1) is 13.2 Å². The van der Waals surface area contributed by atoms with Gasteiger partial charge in [0, 0.05) is 29.1 Å². The van der Waals surface area contributed by atoms with Crippen LogP contribution in [0, 0.1) is 11.3 Å². The molecule has 0 bridgehead atoms. The van der Waals surface area contributed by atoms with Crippen LogP contribution in [0.2, 0.25) is 5.02 Å². The minimum absolute atomic E-state index is 0.0638. The van der Waals surface area contributed by atoms with Crippen LogP contribution < -0.4 is 14.8 Å². The fourth-order valence-corrected chi connectivity index (χ4v) is 6.52. The predicted octanol–water partition coefficient (Wildman–Crippen LogP) is 7.27. The number of ether oxygens (including phenoxy) is 2. The third-order valence-corrected chi connectivity index (χ3v) is 8.68. The van der Waals surface area contributed by atoms with E-state index in [-0.39, 0.29) is 5.41 Å². The molecule has 1 fully saturated rings. The Morgan fingerprint density at radius 3 is 2.23 bits per heavy atom. The highest BCUT2D eigenvalue weighted by atomic mass is 35.5. The number of amides is 1. The molecule has 2 N–H and O–H groups in total. The number of carboxylic acid groups (broad SMARTS) is 1. The monoisotopic (exact) mass is 620 g/mol.